The van der Waals surface area contributed by atoms with E-state index in [0.29, 0.717) is 6.54 Å². The first-order chi connectivity index (χ1) is 10.2. The first-order valence-electron chi connectivity index (χ1n) is 6.86. The van der Waals surface area contributed by atoms with Gasteiger partial charge in [0.1, 0.15) is 5.82 Å². The van der Waals surface area contributed by atoms with Crippen molar-refractivity contribution in [2.45, 2.75) is 19.9 Å². The molecule has 0 bridgehead atoms. The number of non-ortho nitro benzene ring substituents is 1. The van der Waals surface area contributed by atoms with Crippen LogP contribution >= 0.6 is 0 Å². The predicted octanol–water partition coefficient (Wildman–Crippen LogP) is 3.56. The maximum atomic E-state index is 10.7. The van der Waals surface area contributed by atoms with E-state index in [9.17, 15) is 10.1 Å². The summed E-state index contributed by atoms with van der Waals surface area (Å²) in [4.78, 5) is 14.9. The third-order valence-corrected chi connectivity index (χ3v) is 3.54. The van der Waals surface area contributed by atoms with E-state index in [-0.39, 0.29) is 10.6 Å². The normalized spacial score (nSPS) is 10.9. The highest BCUT2D eigenvalue weighted by Crippen LogP contribution is 2.19. The molecular weight excluding hydrogens is 266 g/mol. The Kier molecular flexibility index (Phi) is 3.39. The quantitative estimate of drug-likeness (QED) is 0.542. The third-order valence-electron chi connectivity index (χ3n) is 3.54. The summed E-state index contributed by atoms with van der Waals surface area (Å²) in [7, 11) is 0. The lowest BCUT2D eigenvalue weighted by atomic mass is 10.2. The molecule has 0 aliphatic heterocycles. The van der Waals surface area contributed by atoms with E-state index < -0.39 is 0 Å². The molecular formula is C16H15N3O2. The molecule has 0 atom stereocenters. The molecule has 0 fully saturated rings. The molecule has 21 heavy (non-hydrogen) atoms. The highest BCUT2D eigenvalue weighted by molar-refractivity contribution is 5.76. The minimum atomic E-state index is -0.381. The molecule has 106 valence electrons. The number of aromatic nitrogens is 2. The summed E-state index contributed by atoms with van der Waals surface area (Å²) < 4.78 is 2.16. The number of hydrogen-bond acceptors (Lipinski definition) is 3. The fourth-order valence-corrected chi connectivity index (χ4v) is 2.48. The van der Waals surface area contributed by atoms with Gasteiger partial charge in [0.25, 0.3) is 5.69 Å². The number of imidazole rings is 1. The van der Waals surface area contributed by atoms with Gasteiger partial charge in [-0.15, -0.1) is 0 Å². The molecule has 0 N–H and O–H groups in total. The van der Waals surface area contributed by atoms with Crippen molar-refractivity contribution in [1.29, 1.82) is 0 Å². The zero-order chi connectivity index (χ0) is 14.8. The monoisotopic (exact) mass is 281 g/mol. The van der Waals surface area contributed by atoms with E-state index >= 15 is 0 Å². The van der Waals surface area contributed by atoms with Gasteiger partial charge < -0.3 is 4.57 Å². The van der Waals surface area contributed by atoms with Gasteiger partial charge >= 0.3 is 0 Å². The van der Waals surface area contributed by atoms with E-state index in [0.717, 1.165) is 28.8 Å². The van der Waals surface area contributed by atoms with Gasteiger partial charge in [-0.2, -0.15) is 0 Å². The summed E-state index contributed by atoms with van der Waals surface area (Å²) in [5, 5.41) is 10.7. The first kappa shape index (κ1) is 13.3. The maximum absolute atomic E-state index is 10.7. The molecule has 5 heteroatoms. The van der Waals surface area contributed by atoms with Crippen molar-refractivity contribution in [2.75, 3.05) is 0 Å². The Bertz CT molecular complexity index is 791. The standard InChI is InChI=1S/C16H15N3O2/c1-2-16-17-14-5-3-4-6-15(14)18(16)11-12-7-9-13(10-8-12)19(20)21/h3-10H,2,11H2,1H3. The molecule has 0 aliphatic rings. The predicted molar refractivity (Wildman–Crippen MR) is 81.3 cm³/mol. The fourth-order valence-electron chi connectivity index (χ4n) is 2.48. The van der Waals surface area contributed by atoms with Crippen molar-refractivity contribution in [3.8, 4) is 0 Å². The highest BCUT2D eigenvalue weighted by Gasteiger charge is 2.10. The Hall–Kier alpha value is -2.69. The summed E-state index contributed by atoms with van der Waals surface area (Å²) in [6.45, 7) is 2.75. The lowest BCUT2D eigenvalue weighted by Crippen LogP contribution is -2.04. The van der Waals surface area contributed by atoms with Gasteiger partial charge in [0.05, 0.1) is 16.0 Å². The number of nitro benzene ring substituents is 1. The van der Waals surface area contributed by atoms with E-state index in [1.165, 1.54) is 0 Å². The third kappa shape index (κ3) is 2.50. The minimum Gasteiger partial charge on any atom is -0.323 e. The molecule has 0 radical (unpaired) electrons. The maximum Gasteiger partial charge on any atom is 0.269 e. The number of hydrogen-bond donors (Lipinski definition) is 0. The molecule has 3 rings (SSSR count). The Balaban J connectivity index is 1.99. The lowest BCUT2D eigenvalue weighted by molar-refractivity contribution is -0.384. The second-order valence-electron chi connectivity index (χ2n) is 4.88. The molecule has 0 spiro atoms. The second kappa shape index (κ2) is 5.36. The van der Waals surface area contributed by atoms with Crippen LogP contribution in [0.5, 0.6) is 0 Å². The average molecular weight is 281 g/mol. The Morgan fingerprint density at radius 3 is 2.52 bits per heavy atom. The molecule has 3 aromatic rings. The zero-order valence-corrected chi connectivity index (χ0v) is 11.7. The van der Waals surface area contributed by atoms with Crippen LogP contribution in [0.15, 0.2) is 48.5 Å². The summed E-state index contributed by atoms with van der Waals surface area (Å²) in [6, 6.07) is 14.7. The van der Waals surface area contributed by atoms with Crippen molar-refractivity contribution in [3.63, 3.8) is 0 Å². The van der Waals surface area contributed by atoms with Crippen molar-refractivity contribution in [3.05, 3.63) is 70.0 Å². The summed E-state index contributed by atoms with van der Waals surface area (Å²) in [5.41, 5.74) is 3.22. The fraction of sp³-hybridized carbons (Fsp3) is 0.188. The van der Waals surface area contributed by atoms with Gasteiger partial charge in [-0.25, -0.2) is 4.98 Å². The van der Waals surface area contributed by atoms with Gasteiger partial charge in [-0.05, 0) is 17.7 Å². The van der Waals surface area contributed by atoms with Crippen LogP contribution in [-0.2, 0) is 13.0 Å². The molecule has 0 amide bonds. The number of rotatable bonds is 4. The van der Waals surface area contributed by atoms with Crippen LogP contribution in [0.1, 0.15) is 18.3 Å². The summed E-state index contributed by atoms with van der Waals surface area (Å²) >= 11 is 0. The minimum absolute atomic E-state index is 0.116. The first-order valence-corrected chi connectivity index (χ1v) is 6.86. The molecule has 0 unspecified atom stereocenters. The van der Waals surface area contributed by atoms with Crippen LogP contribution in [0.3, 0.4) is 0 Å². The number of nitro groups is 1. The van der Waals surface area contributed by atoms with Gasteiger partial charge in [0.2, 0.25) is 0 Å². The molecule has 1 aromatic heterocycles. The number of aryl methyl sites for hydroxylation is 1. The van der Waals surface area contributed by atoms with E-state index in [1.807, 2.05) is 24.3 Å². The summed E-state index contributed by atoms with van der Waals surface area (Å²) in [6.07, 6.45) is 0.849. The number of para-hydroxylation sites is 2. The van der Waals surface area contributed by atoms with Gasteiger partial charge in [-0.3, -0.25) is 10.1 Å². The Morgan fingerprint density at radius 2 is 1.86 bits per heavy atom. The Morgan fingerprint density at radius 1 is 1.14 bits per heavy atom. The lowest BCUT2D eigenvalue weighted by Gasteiger charge is -2.08. The molecule has 5 nitrogen and oxygen atoms in total. The molecule has 2 aromatic carbocycles. The molecule has 1 heterocycles. The topological polar surface area (TPSA) is 61.0 Å². The van der Waals surface area contributed by atoms with Gasteiger partial charge in [0, 0.05) is 25.1 Å². The number of fused-ring (bicyclic) bond motifs is 1. The zero-order valence-electron chi connectivity index (χ0n) is 11.7. The molecule has 0 saturated heterocycles. The molecule has 0 saturated carbocycles. The van der Waals surface area contributed by atoms with Crippen molar-refractivity contribution in [2.24, 2.45) is 0 Å². The largest absolute Gasteiger partial charge is 0.323 e. The SMILES string of the molecule is CCc1nc2ccccc2n1Cc1ccc([N+](=O)[O-])cc1. The van der Waals surface area contributed by atoms with Crippen LogP contribution in [0, 0.1) is 10.1 Å². The van der Waals surface area contributed by atoms with Crippen molar-refractivity contribution < 1.29 is 4.92 Å². The number of nitrogens with zero attached hydrogens (tertiary/aromatic N) is 3. The van der Waals surface area contributed by atoms with Crippen molar-refractivity contribution in [1.82, 2.24) is 9.55 Å². The number of benzene rings is 2. The Labute approximate surface area is 122 Å². The average Bonchev–Trinajstić information content (AvgIpc) is 2.86. The van der Waals surface area contributed by atoms with Crippen LogP contribution in [0.25, 0.3) is 11.0 Å². The van der Waals surface area contributed by atoms with Crippen LogP contribution in [0.2, 0.25) is 0 Å². The van der Waals surface area contributed by atoms with Gasteiger partial charge in [-0.1, -0.05) is 31.2 Å². The highest BCUT2D eigenvalue weighted by atomic mass is 16.6. The van der Waals surface area contributed by atoms with Crippen LogP contribution < -0.4 is 0 Å². The summed E-state index contributed by atoms with van der Waals surface area (Å²) in [5.74, 6) is 1.02. The van der Waals surface area contributed by atoms with E-state index in [1.54, 1.807) is 24.3 Å². The van der Waals surface area contributed by atoms with Crippen LogP contribution in [-0.4, -0.2) is 14.5 Å². The van der Waals surface area contributed by atoms with Gasteiger partial charge in [0.15, 0.2) is 0 Å². The van der Waals surface area contributed by atoms with Crippen molar-refractivity contribution >= 4 is 16.7 Å². The van der Waals surface area contributed by atoms with Crippen LogP contribution in [0.4, 0.5) is 5.69 Å². The van der Waals surface area contributed by atoms with E-state index in [4.69, 9.17) is 0 Å². The van der Waals surface area contributed by atoms with E-state index in [2.05, 4.69) is 16.5 Å². The second-order valence-corrected chi connectivity index (χ2v) is 4.88. The molecule has 0 aliphatic carbocycles. The smallest absolute Gasteiger partial charge is 0.269 e.